The molecular weight excluding hydrogens is 475 g/mol. The molecule has 0 saturated carbocycles. The van der Waals surface area contributed by atoms with E-state index in [9.17, 15) is 14.0 Å². The van der Waals surface area contributed by atoms with Crippen LogP contribution in [0.15, 0.2) is 58.3 Å². The molecule has 1 fully saturated rings. The number of nitrogens with zero attached hydrogens (tertiary/aromatic N) is 3. The van der Waals surface area contributed by atoms with E-state index in [2.05, 4.69) is 10.3 Å². The molecule has 1 aromatic heterocycles. The first-order valence-corrected chi connectivity index (χ1v) is 12.7. The van der Waals surface area contributed by atoms with Crippen LogP contribution in [-0.4, -0.2) is 60.7 Å². The number of carbonyl (C=O) groups is 2. The quantitative estimate of drug-likeness (QED) is 0.473. The minimum atomic E-state index is -0.243. The summed E-state index contributed by atoms with van der Waals surface area (Å²) in [6.07, 6.45) is 0.217. The molecular formula is C24H25FN4O3S2. The van der Waals surface area contributed by atoms with Crippen LogP contribution in [0, 0.1) is 5.82 Å². The molecule has 178 valence electrons. The van der Waals surface area contributed by atoms with Gasteiger partial charge in [-0.15, -0.1) is 11.3 Å². The van der Waals surface area contributed by atoms with Crippen molar-refractivity contribution < 1.29 is 18.7 Å². The van der Waals surface area contributed by atoms with Crippen molar-refractivity contribution >= 4 is 46.3 Å². The van der Waals surface area contributed by atoms with Crippen LogP contribution >= 0.6 is 23.1 Å². The van der Waals surface area contributed by atoms with Crippen LogP contribution in [0.25, 0.3) is 0 Å². The average Bonchev–Trinajstić information content (AvgIpc) is 3.31. The number of hydrogen-bond donors (Lipinski definition) is 1. The van der Waals surface area contributed by atoms with E-state index >= 15 is 0 Å². The summed E-state index contributed by atoms with van der Waals surface area (Å²) in [5, 5.41) is 4.70. The number of ether oxygens (including phenoxy) is 1. The fourth-order valence-corrected chi connectivity index (χ4v) is 5.25. The third-order valence-corrected chi connectivity index (χ3v) is 7.46. The van der Waals surface area contributed by atoms with Crippen LogP contribution in [0.4, 0.5) is 15.8 Å². The Morgan fingerprint density at radius 3 is 2.56 bits per heavy atom. The van der Waals surface area contributed by atoms with Crippen molar-refractivity contribution in [2.75, 3.05) is 49.3 Å². The summed E-state index contributed by atoms with van der Waals surface area (Å²) in [4.78, 5) is 33.2. The molecule has 0 radical (unpaired) electrons. The first-order chi connectivity index (χ1) is 16.5. The van der Waals surface area contributed by atoms with Crippen LogP contribution in [-0.2, 0) is 16.0 Å². The van der Waals surface area contributed by atoms with Crippen molar-refractivity contribution in [1.82, 2.24) is 9.88 Å². The Labute approximate surface area is 205 Å². The second kappa shape index (κ2) is 11.3. The van der Waals surface area contributed by atoms with Gasteiger partial charge >= 0.3 is 0 Å². The predicted octanol–water partition coefficient (Wildman–Crippen LogP) is 3.91. The molecule has 0 atom stereocenters. The maximum absolute atomic E-state index is 14.0. The van der Waals surface area contributed by atoms with Crippen molar-refractivity contribution in [2.45, 2.75) is 10.8 Å². The van der Waals surface area contributed by atoms with Gasteiger partial charge in [0, 0.05) is 37.2 Å². The van der Waals surface area contributed by atoms with Gasteiger partial charge in [0.1, 0.15) is 11.6 Å². The number of nitrogens with one attached hydrogen (secondary N) is 1. The first-order valence-electron chi connectivity index (χ1n) is 10.8. The van der Waals surface area contributed by atoms with Crippen LogP contribution in [0.3, 0.4) is 0 Å². The third-order valence-electron chi connectivity index (χ3n) is 5.39. The summed E-state index contributed by atoms with van der Waals surface area (Å²) < 4.78 is 19.9. The predicted molar refractivity (Wildman–Crippen MR) is 133 cm³/mol. The summed E-state index contributed by atoms with van der Waals surface area (Å²) in [7, 11) is 1.59. The minimum absolute atomic E-state index is 0.00674. The second-order valence-corrected chi connectivity index (χ2v) is 9.75. The van der Waals surface area contributed by atoms with E-state index in [4.69, 9.17) is 4.74 Å². The Bertz CT molecular complexity index is 1130. The van der Waals surface area contributed by atoms with Gasteiger partial charge in [-0.2, -0.15) is 0 Å². The number of methoxy groups -OCH3 is 1. The van der Waals surface area contributed by atoms with Crippen LogP contribution in [0.5, 0.6) is 5.75 Å². The normalized spacial score (nSPS) is 13.6. The zero-order chi connectivity index (χ0) is 23.9. The molecule has 34 heavy (non-hydrogen) atoms. The Kier molecular flexibility index (Phi) is 8.02. The number of amides is 2. The van der Waals surface area contributed by atoms with E-state index in [0.717, 1.165) is 10.1 Å². The lowest BCUT2D eigenvalue weighted by Crippen LogP contribution is -2.49. The fourth-order valence-electron chi connectivity index (χ4n) is 3.61. The Balaban J connectivity index is 1.21. The average molecular weight is 501 g/mol. The lowest BCUT2D eigenvalue weighted by Gasteiger charge is -2.36. The molecule has 2 amide bonds. The SMILES string of the molecule is COc1ccc(NC(=O)CSc2nc(CC(=O)N3CCN(c4ccccc4F)CC3)cs2)cc1. The molecule has 1 saturated heterocycles. The summed E-state index contributed by atoms with van der Waals surface area (Å²) >= 11 is 2.77. The number of rotatable bonds is 8. The molecule has 1 aliphatic rings. The highest BCUT2D eigenvalue weighted by Crippen LogP contribution is 2.24. The third kappa shape index (κ3) is 6.27. The van der Waals surface area contributed by atoms with Crippen LogP contribution < -0.4 is 15.0 Å². The number of hydrogen-bond acceptors (Lipinski definition) is 7. The van der Waals surface area contributed by atoms with Crippen molar-refractivity contribution in [1.29, 1.82) is 0 Å². The van der Waals surface area contributed by atoms with E-state index in [1.807, 2.05) is 16.3 Å². The molecule has 10 heteroatoms. The fraction of sp³-hybridized carbons (Fsp3) is 0.292. The summed E-state index contributed by atoms with van der Waals surface area (Å²) in [6, 6.07) is 13.8. The van der Waals surface area contributed by atoms with Gasteiger partial charge in [0.15, 0.2) is 4.34 Å². The van der Waals surface area contributed by atoms with Crippen molar-refractivity contribution in [3.63, 3.8) is 0 Å². The molecule has 2 heterocycles. The highest BCUT2D eigenvalue weighted by Gasteiger charge is 2.23. The van der Waals surface area contributed by atoms with Gasteiger partial charge in [-0.1, -0.05) is 23.9 Å². The smallest absolute Gasteiger partial charge is 0.234 e. The number of thioether (sulfide) groups is 1. The van der Waals surface area contributed by atoms with E-state index in [-0.39, 0.29) is 29.8 Å². The Morgan fingerprint density at radius 2 is 1.85 bits per heavy atom. The standard InChI is InChI=1S/C24H25FN4O3S2/c1-32-19-8-6-17(7-9-19)26-22(30)16-34-24-27-18(15-33-24)14-23(31)29-12-10-28(11-13-29)21-5-3-2-4-20(21)25/h2-9,15H,10-14,16H2,1H3,(H,26,30). The topological polar surface area (TPSA) is 74.8 Å². The Morgan fingerprint density at radius 1 is 1.12 bits per heavy atom. The van der Waals surface area contributed by atoms with Crippen LogP contribution in [0.1, 0.15) is 5.69 Å². The number of benzene rings is 2. The molecule has 3 aromatic rings. The monoisotopic (exact) mass is 500 g/mol. The maximum atomic E-state index is 14.0. The van der Waals surface area contributed by atoms with Gasteiger partial charge < -0.3 is 19.9 Å². The molecule has 1 aliphatic heterocycles. The lowest BCUT2D eigenvalue weighted by atomic mass is 10.2. The van der Waals surface area contributed by atoms with Gasteiger partial charge in [0.05, 0.1) is 30.7 Å². The largest absolute Gasteiger partial charge is 0.497 e. The molecule has 4 rings (SSSR count). The molecule has 0 bridgehead atoms. The molecule has 2 aromatic carbocycles. The number of aromatic nitrogens is 1. The van der Waals surface area contributed by atoms with Gasteiger partial charge in [-0.05, 0) is 36.4 Å². The molecule has 7 nitrogen and oxygen atoms in total. The highest BCUT2D eigenvalue weighted by atomic mass is 32.2. The van der Waals surface area contributed by atoms with Crippen molar-refractivity contribution in [3.8, 4) is 5.75 Å². The maximum Gasteiger partial charge on any atom is 0.234 e. The van der Waals surface area contributed by atoms with E-state index in [1.165, 1.54) is 29.2 Å². The van der Waals surface area contributed by atoms with Crippen molar-refractivity contribution in [2.24, 2.45) is 0 Å². The zero-order valence-electron chi connectivity index (χ0n) is 18.7. The van der Waals surface area contributed by atoms with Crippen LogP contribution in [0.2, 0.25) is 0 Å². The number of anilines is 2. The van der Waals surface area contributed by atoms with Gasteiger partial charge in [-0.25, -0.2) is 9.37 Å². The van der Waals surface area contributed by atoms with E-state index in [0.29, 0.717) is 43.2 Å². The summed E-state index contributed by atoms with van der Waals surface area (Å²) in [5.41, 5.74) is 1.98. The summed E-state index contributed by atoms with van der Waals surface area (Å²) in [6.45, 7) is 2.27. The molecule has 0 spiro atoms. The molecule has 0 aliphatic carbocycles. The van der Waals surface area contributed by atoms with Gasteiger partial charge in [0.25, 0.3) is 0 Å². The first kappa shape index (κ1) is 24.0. The zero-order valence-corrected chi connectivity index (χ0v) is 20.3. The minimum Gasteiger partial charge on any atom is -0.497 e. The van der Waals surface area contributed by atoms with Crippen molar-refractivity contribution in [3.05, 3.63) is 65.4 Å². The van der Waals surface area contributed by atoms with Gasteiger partial charge in [0.2, 0.25) is 11.8 Å². The van der Waals surface area contributed by atoms with Gasteiger partial charge in [-0.3, -0.25) is 9.59 Å². The number of piperazine rings is 1. The number of halogens is 1. The molecule has 0 unspecified atom stereocenters. The number of para-hydroxylation sites is 1. The lowest BCUT2D eigenvalue weighted by molar-refractivity contribution is -0.130. The molecule has 1 N–H and O–H groups in total. The highest BCUT2D eigenvalue weighted by molar-refractivity contribution is 8.01. The summed E-state index contributed by atoms with van der Waals surface area (Å²) in [5.74, 6) is 0.588. The number of thiazole rings is 1. The van der Waals surface area contributed by atoms with E-state index in [1.54, 1.807) is 48.4 Å². The second-order valence-electron chi connectivity index (χ2n) is 7.67. The number of carbonyl (C=O) groups excluding carboxylic acids is 2. The van der Waals surface area contributed by atoms with E-state index < -0.39 is 0 Å². The Hall–Kier alpha value is -3.11.